The van der Waals surface area contributed by atoms with E-state index in [1.165, 1.54) is 6.07 Å². The molecule has 1 aliphatic rings. The zero-order chi connectivity index (χ0) is 26.7. The van der Waals surface area contributed by atoms with Crippen molar-refractivity contribution in [1.82, 2.24) is 4.57 Å². The molecular formula is C26H19F3N2O5S. The van der Waals surface area contributed by atoms with Gasteiger partial charge in [-0.2, -0.15) is 13.2 Å². The van der Waals surface area contributed by atoms with Gasteiger partial charge >= 0.3 is 12.1 Å². The van der Waals surface area contributed by atoms with Crippen LogP contribution in [0.5, 0.6) is 0 Å². The summed E-state index contributed by atoms with van der Waals surface area (Å²) in [5, 5.41) is 10.6. The lowest BCUT2D eigenvalue weighted by Gasteiger charge is -2.20. The molecular weight excluding hydrogens is 509 g/mol. The van der Waals surface area contributed by atoms with E-state index in [4.69, 9.17) is 5.73 Å². The number of rotatable bonds is 4. The molecule has 11 heteroatoms. The first-order chi connectivity index (χ1) is 17.4. The van der Waals surface area contributed by atoms with Crippen molar-refractivity contribution in [1.29, 1.82) is 0 Å². The average molecular weight is 529 g/mol. The summed E-state index contributed by atoms with van der Waals surface area (Å²) in [5.74, 6) is -2.48. The Hall–Kier alpha value is -4.12. The molecule has 0 radical (unpaired) electrons. The van der Waals surface area contributed by atoms with Crippen LogP contribution in [-0.2, 0) is 27.2 Å². The fourth-order valence-corrected chi connectivity index (χ4v) is 6.76. The van der Waals surface area contributed by atoms with E-state index in [9.17, 15) is 36.3 Å². The predicted octanol–water partition coefficient (Wildman–Crippen LogP) is 4.27. The quantitative estimate of drug-likeness (QED) is 0.408. The van der Waals surface area contributed by atoms with Crippen LogP contribution in [0.15, 0.2) is 76.6 Å². The number of nitrogens with two attached hydrogens (primary N) is 1. The lowest BCUT2D eigenvalue weighted by molar-refractivity contribution is -0.140. The van der Waals surface area contributed by atoms with Gasteiger partial charge in [-0.05, 0) is 39.6 Å². The van der Waals surface area contributed by atoms with Gasteiger partial charge in [-0.3, -0.25) is 9.36 Å². The molecule has 0 saturated heterocycles. The number of anilines is 1. The van der Waals surface area contributed by atoms with Crippen LogP contribution in [0.25, 0.3) is 21.9 Å². The Morgan fingerprint density at radius 3 is 2.43 bits per heavy atom. The number of pyridine rings is 1. The number of aliphatic carboxylic acids is 1. The molecule has 0 bridgehead atoms. The minimum absolute atomic E-state index is 0.0153. The van der Waals surface area contributed by atoms with Gasteiger partial charge in [0.05, 0.1) is 11.3 Å². The molecule has 1 unspecified atom stereocenters. The van der Waals surface area contributed by atoms with Crippen molar-refractivity contribution in [3.63, 3.8) is 0 Å². The van der Waals surface area contributed by atoms with E-state index in [2.05, 4.69) is 0 Å². The number of nitrogen functional groups attached to an aromatic ring is 1. The van der Waals surface area contributed by atoms with Gasteiger partial charge in [0.1, 0.15) is 16.8 Å². The summed E-state index contributed by atoms with van der Waals surface area (Å²) < 4.78 is 67.8. The largest absolute Gasteiger partial charge is 0.480 e. The Bertz CT molecular complexity index is 1760. The van der Waals surface area contributed by atoms with Crippen LogP contribution in [0.4, 0.5) is 18.9 Å². The maximum atomic E-state index is 13.6. The number of carboxylic acids is 1. The van der Waals surface area contributed by atoms with E-state index in [1.54, 1.807) is 18.2 Å². The van der Waals surface area contributed by atoms with Gasteiger partial charge in [0.2, 0.25) is 0 Å². The number of aromatic nitrogens is 1. The second-order valence-electron chi connectivity index (χ2n) is 8.78. The molecule has 3 N–H and O–H groups in total. The number of nitrogens with zero attached hydrogens (tertiary/aromatic N) is 1. The van der Waals surface area contributed by atoms with Crippen LogP contribution in [-0.4, -0.2) is 29.8 Å². The molecule has 0 amide bonds. The highest BCUT2D eigenvalue weighted by molar-refractivity contribution is 7.91. The highest BCUT2D eigenvalue weighted by atomic mass is 32.2. The fraction of sp³-hybridized carbons (Fsp3) is 0.154. The summed E-state index contributed by atoms with van der Waals surface area (Å²) in [6.45, 7) is 0. The topological polar surface area (TPSA) is 119 Å². The molecule has 0 spiro atoms. The molecule has 3 aromatic carbocycles. The van der Waals surface area contributed by atoms with Gasteiger partial charge in [0.25, 0.3) is 5.56 Å². The van der Waals surface area contributed by atoms with Crippen molar-refractivity contribution in [2.75, 3.05) is 11.5 Å². The van der Waals surface area contributed by atoms with E-state index >= 15 is 0 Å². The predicted molar refractivity (Wildman–Crippen MR) is 131 cm³/mol. The average Bonchev–Trinajstić information content (AvgIpc) is 3.13. The van der Waals surface area contributed by atoms with E-state index in [1.807, 2.05) is 24.3 Å². The van der Waals surface area contributed by atoms with Gasteiger partial charge in [0.15, 0.2) is 9.84 Å². The molecule has 5 rings (SSSR count). The summed E-state index contributed by atoms with van der Waals surface area (Å²) >= 11 is 0. The van der Waals surface area contributed by atoms with Crippen LogP contribution >= 0.6 is 0 Å². The Morgan fingerprint density at radius 2 is 1.73 bits per heavy atom. The first kappa shape index (κ1) is 24.6. The Morgan fingerprint density at radius 1 is 1.05 bits per heavy atom. The fourth-order valence-electron chi connectivity index (χ4n) is 4.84. The monoisotopic (exact) mass is 528 g/mol. The lowest BCUT2D eigenvalue weighted by atomic mass is 9.92. The number of carbonyl (C=O) groups is 1. The summed E-state index contributed by atoms with van der Waals surface area (Å²) in [6, 6.07) is 14.9. The van der Waals surface area contributed by atoms with Gasteiger partial charge in [-0.15, -0.1) is 0 Å². The van der Waals surface area contributed by atoms with Gasteiger partial charge in [-0.1, -0.05) is 54.6 Å². The van der Waals surface area contributed by atoms with Crippen molar-refractivity contribution in [2.24, 2.45) is 0 Å². The van der Waals surface area contributed by atoms with Crippen LogP contribution in [0.1, 0.15) is 22.7 Å². The Labute approximate surface area is 208 Å². The van der Waals surface area contributed by atoms with Crippen LogP contribution < -0.4 is 11.3 Å². The molecule has 37 heavy (non-hydrogen) atoms. The standard InChI is InChI=1S/C26H19F3N2O5S/c27-26(28,29)17-9-4-8-16(11-17)21-19(12-15-7-3-6-14-5-1-2-10-18(14)15)22(30)23(32)31-20(25(33)34)13-37(35,36)24(21)31/h1-11,20H,12-13,30H2,(H,33,34). The number of sulfone groups is 1. The van der Waals surface area contributed by atoms with E-state index in [0.717, 1.165) is 29.0 Å². The van der Waals surface area contributed by atoms with Gasteiger partial charge in [0, 0.05) is 12.0 Å². The minimum Gasteiger partial charge on any atom is -0.480 e. The maximum absolute atomic E-state index is 13.6. The molecule has 0 fully saturated rings. The molecule has 4 aromatic rings. The maximum Gasteiger partial charge on any atom is 0.416 e. The number of benzene rings is 3. The highest BCUT2D eigenvalue weighted by Gasteiger charge is 2.44. The number of fused-ring (bicyclic) bond motifs is 2. The molecule has 0 saturated carbocycles. The Kier molecular flexibility index (Phi) is 5.63. The molecule has 190 valence electrons. The first-order valence-electron chi connectivity index (χ1n) is 11.1. The van der Waals surface area contributed by atoms with Crippen LogP contribution in [0.2, 0.25) is 0 Å². The van der Waals surface area contributed by atoms with Crippen molar-refractivity contribution in [3.05, 3.63) is 93.8 Å². The van der Waals surface area contributed by atoms with Gasteiger partial charge < -0.3 is 10.8 Å². The van der Waals surface area contributed by atoms with Crippen molar-refractivity contribution < 1.29 is 31.5 Å². The minimum atomic E-state index is -4.73. The second kappa shape index (κ2) is 8.48. The SMILES string of the molecule is Nc1c(Cc2cccc3ccccc23)c(-c2cccc(C(F)(F)F)c2)c2n(c1=O)C(C(=O)O)CS2(=O)=O. The van der Waals surface area contributed by atoms with Crippen LogP contribution in [0, 0.1) is 0 Å². The zero-order valence-electron chi connectivity index (χ0n) is 19.0. The van der Waals surface area contributed by atoms with Crippen molar-refractivity contribution in [2.45, 2.75) is 23.7 Å². The Balaban J connectivity index is 1.89. The lowest BCUT2D eigenvalue weighted by Crippen LogP contribution is -2.31. The number of alkyl halides is 3. The third kappa shape index (κ3) is 4.05. The summed E-state index contributed by atoms with van der Waals surface area (Å²) in [5.41, 5.74) is 4.07. The van der Waals surface area contributed by atoms with Crippen LogP contribution in [0.3, 0.4) is 0 Å². The summed E-state index contributed by atoms with van der Waals surface area (Å²) in [7, 11) is -4.38. The number of halogens is 3. The second-order valence-corrected chi connectivity index (χ2v) is 10.7. The molecule has 2 heterocycles. The third-order valence-electron chi connectivity index (χ3n) is 6.50. The third-order valence-corrected chi connectivity index (χ3v) is 8.25. The first-order valence-corrected chi connectivity index (χ1v) is 12.7. The molecule has 1 aliphatic heterocycles. The van der Waals surface area contributed by atoms with Crippen molar-refractivity contribution >= 4 is 32.3 Å². The van der Waals surface area contributed by atoms with Crippen molar-refractivity contribution in [3.8, 4) is 11.1 Å². The molecule has 1 aromatic heterocycles. The van der Waals surface area contributed by atoms with E-state index < -0.39 is 55.6 Å². The summed E-state index contributed by atoms with van der Waals surface area (Å²) in [4.78, 5) is 25.1. The zero-order valence-corrected chi connectivity index (χ0v) is 19.8. The van der Waals surface area contributed by atoms with Gasteiger partial charge in [-0.25, -0.2) is 13.2 Å². The smallest absolute Gasteiger partial charge is 0.416 e. The molecule has 7 nitrogen and oxygen atoms in total. The summed E-state index contributed by atoms with van der Waals surface area (Å²) in [6.07, 6.45) is -4.80. The van der Waals surface area contributed by atoms with E-state index in [-0.39, 0.29) is 23.1 Å². The highest BCUT2D eigenvalue weighted by Crippen LogP contribution is 2.42. The number of carboxylic acid groups (broad SMARTS) is 1. The molecule has 1 atom stereocenters. The normalized spacial score (nSPS) is 16.6. The number of hydrogen-bond donors (Lipinski definition) is 2. The molecule has 0 aliphatic carbocycles. The number of hydrogen-bond acceptors (Lipinski definition) is 5. The van der Waals surface area contributed by atoms with E-state index in [0.29, 0.717) is 10.1 Å².